The van der Waals surface area contributed by atoms with Crippen LogP contribution >= 0.6 is 0 Å². The van der Waals surface area contributed by atoms with Crippen LogP contribution in [-0.4, -0.2) is 4.98 Å². The highest BCUT2D eigenvalue weighted by atomic mass is 19.1. The molecule has 2 heteroatoms. The number of aromatic nitrogens is 1. The SMILES string of the molecule is C#Cc1ncccc1F.c1cc2cc-2c1. The van der Waals surface area contributed by atoms with E-state index in [1.54, 1.807) is 0 Å². The molecule has 2 aliphatic rings. The zero-order chi connectivity index (χ0) is 10.7. The minimum absolute atomic E-state index is 0.0671. The molecule has 0 radical (unpaired) electrons. The molecule has 1 aromatic rings. The number of terminal acetylenes is 1. The zero-order valence-corrected chi connectivity index (χ0v) is 7.94. The first kappa shape index (κ1) is 9.42. The summed E-state index contributed by atoms with van der Waals surface area (Å²) in [6.45, 7) is 0. The molecular weight excluding hydrogens is 189 g/mol. The van der Waals surface area contributed by atoms with Gasteiger partial charge >= 0.3 is 0 Å². The highest BCUT2D eigenvalue weighted by Gasteiger charge is 2.06. The van der Waals surface area contributed by atoms with Crippen molar-refractivity contribution < 1.29 is 4.39 Å². The third-order valence-electron chi connectivity index (χ3n) is 2.01. The number of fused-ring (bicyclic) bond motifs is 1. The van der Waals surface area contributed by atoms with E-state index in [1.165, 1.54) is 29.5 Å². The second-order valence-electron chi connectivity index (χ2n) is 3.06. The molecule has 0 aliphatic heterocycles. The van der Waals surface area contributed by atoms with Gasteiger partial charge in [-0.25, -0.2) is 9.37 Å². The maximum atomic E-state index is 12.4. The van der Waals surface area contributed by atoms with Crippen LogP contribution in [-0.2, 0) is 0 Å². The van der Waals surface area contributed by atoms with Crippen molar-refractivity contribution in [2.45, 2.75) is 0 Å². The Morgan fingerprint density at radius 1 is 1.13 bits per heavy atom. The summed E-state index contributed by atoms with van der Waals surface area (Å²) < 4.78 is 12.4. The van der Waals surface area contributed by atoms with E-state index < -0.39 is 5.82 Å². The Morgan fingerprint density at radius 2 is 1.87 bits per heavy atom. The summed E-state index contributed by atoms with van der Waals surface area (Å²) in [6, 6.07) is 11.3. The minimum Gasteiger partial charge on any atom is -0.245 e. The van der Waals surface area contributed by atoms with Gasteiger partial charge in [-0.15, -0.1) is 6.42 Å². The molecule has 1 nitrogen and oxygen atoms in total. The van der Waals surface area contributed by atoms with Crippen LogP contribution in [0.3, 0.4) is 0 Å². The average Bonchev–Trinajstić information content (AvgIpc) is 2.87. The summed E-state index contributed by atoms with van der Waals surface area (Å²) in [5, 5.41) is 0. The van der Waals surface area contributed by atoms with Crippen molar-refractivity contribution in [1.82, 2.24) is 4.98 Å². The van der Waals surface area contributed by atoms with Crippen LogP contribution in [0.4, 0.5) is 4.39 Å². The van der Waals surface area contributed by atoms with Crippen molar-refractivity contribution in [3.63, 3.8) is 0 Å². The molecule has 0 fully saturated rings. The Balaban J connectivity index is 0.000000121. The minimum atomic E-state index is -0.444. The predicted molar refractivity (Wildman–Crippen MR) is 57.6 cm³/mol. The Hall–Kier alpha value is -2.14. The fourth-order valence-corrected chi connectivity index (χ4v) is 1.17. The van der Waals surface area contributed by atoms with Crippen molar-refractivity contribution in [2.75, 3.05) is 0 Å². The summed E-state index contributed by atoms with van der Waals surface area (Å²) in [4.78, 5) is 3.59. The van der Waals surface area contributed by atoms with Gasteiger partial charge in [0.2, 0.25) is 0 Å². The van der Waals surface area contributed by atoms with E-state index in [0.717, 1.165) is 0 Å². The lowest BCUT2D eigenvalue weighted by Gasteiger charge is -1.87. The molecular formula is C13H8FN. The van der Waals surface area contributed by atoms with Crippen molar-refractivity contribution in [3.05, 3.63) is 54.1 Å². The van der Waals surface area contributed by atoms with Gasteiger partial charge in [0.1, 0.15) is 5.69 Å². The molecule has 72 valence electrons. The molecule has 1 heterocycles. The fourth-order valence-electron chi connectivity index (χ4n) is 1.17. The Labute approximate surface area is 87.6 Å². The number of rotatable bonds is 0. The second-order valence-corrected chi connectivity index (χ2v) is 3.06. The summed E-state index contributed by atoms with van der Waals surface area (Å²) in [5.74, 6) is 1.66. The maximum absolute atomic E-state index is 12.4. The van der Waals surface area contributed by atoms with Gasteiger partial charge in [0.25, 0.3) is 0 Å². The van der Waals surface area contributed by atoms with Crippen LogP contribution in [0.5, 0.6) is 0 Å². The summed E-state index contributed by atoms with van der Waals surface area (Å²) in [6.07, 6.45) is 6.35. The highest BCUT2D eigenvalue weighted by molar-refractivity contribution is 5.80. The number of halogens is 1. The average molecular weight is 197 g/mol. The van der Waals surface area contributed by atoms with Crippen LogP contribution in [0, 0.1) is 18.2 Å². The number of hydrogen-bond acceptors (Lipinski definition) is 1. The fraction of sp³-hybridized carbons (Fsp3) is 0. The Morgan fingerprint density at radius 3 is 2.20 bits per heavy atom. The number of nitrogens with zero attached hydrogens (tertiary/aromatic N) is 1. The van der Waals surface area contributed by atoms with Gasteiger partial charge in [0, 0.05) is 6.20 Å². The quantitative estimate of drug-likeness (QED) is 0.505. The van der Waals surface area contributed by atoms with Gasteiger partial charge in [-0.05, 0) is 35.2 Å². The summed E-state index contributed by atoms with van der Waals surface area (Å²) >= 11 is 0. The van der Waals surface area contributed by atoms with Gasteiger partial charge in [-0.1, -0.05) is 18.2 Å². The molecule has 0 amide bonds. The lowest BCUT2D eigenvalue weighted by Crippen LogP contribution is -1.85. The normalized spacial score (nSPS) is 9.60. The summed E-state index contributed by atoms with van der Waals surface area (Å²) in [7, 11) is 0. The molecule has 0 saturated heterocycles. The van der Waals surface area contributed by atoms with Gasteiger partial charge in [-0.3, -0.25) is 0 Å². The van der Waals surface area contributed by atoms with E-state index >= 15 is 0 Å². The van der Waals surface area contributed by atoms with Crippen molar-refractivity contribution >= 4 is 0 Å². The van der Waals surface area contributed by atoms with Crippen LogP contribution in [0.15, 0.2) is 42.6 Å². The molecule has 2 aliphatic carbocycles. The predicted octanol–water partition coefficient (Wildman–Crippen LogP) is 2.87. The van der Waals surface area contributed by atoms with E-state index in [1.807, 2.05) is 0 Å². The van der Waals surface area contributed by atoms with E-state index in [4.69, 9.17) is 6.42 Å². The molecule has 0 atom stereocenters. The first-order valence-electron chi connectivity index (χ1n) is 4.49. The molecule has 0 bridgehead atoms. The van der Waals surface area contributed by atoms with Crippen molar-refractivity contribution in [1.29, 1.82) is 0 Å². The third-order valence-corrected chi connectivity index (χ3v) is 2.01. The van der Waals surface area contributed by atoms with Crippen LogP contribution < -0.4 is 0 Å². The highest BCUT2D eigenvalue weighted by Crippen LogP contribution is 2.32. The largest absolute Gasteiger partial charge is 0.245 e. The zero-order valence-electron chi connectivity index (χ0n) is 7.94. The first-order valence-corrected chi connectivity index (χ1v) is 4.49. The topological polar surface area (TPSA) is 12.9 Å². The van der Waals surface area contributed by atoms with Gasteiger partial charge in [0.15, 0.2) is 5.82 Å². The molecule has 1 aromatic heterocycles. The maximum Gasteiger partial charge on any atom is 0.157 e. The first-order chi connectivity index (χ1) is 7.31. The van der Waals surface area contributed by atoms with Gasteiger partial charge in [0.05, 0.1) is 0 Å². The van der Waals surface area contributed by atoms with E-state index in [9.17, 15) is 4.39 Å². The van der Waals surface area contributed by atoms with E-state index in [0.29, 0.717) is 0 Å². The van der Waals surface area contributed by atoms with Crippen LogP contribution in [0.25, 0.3) is 11.1 Å². The van der Waals surface area contributed by atoms with Crippen LogP contribution in [0.2, 0.25) is 0 Å². The van der Waals surface area contributed by atoms with E-state index in [2.05, 4.69) is 35.2 Å². The monoisotopic (exact) mass is 197 g/mol. The number of pyridine rings is 1. The summed E-state index contributed by atoms with van der Waals surface area (Å²) in [5.41, 5.74) is 2.92. The second kappa shape index (κ2) is 3.93. The number of benzene rings is 1. The molecule has 0 spiro atoms. The lowest BCUT2D eigenvalue weighted by molar-refractivity contribution is 0.617. The standard InChI is InChI=1S/C7H4FN.C6H4/c1-2-7-6(8)4-3-5-9-7;1-2-5-4-6(5)3-1/h1,3-5H;1-4H. The number of hydrogen-bond donors (Lipinski definition) is 0. The molecule has 0 aromatic carbocycles. The van der Waals surface area contributed by atoms with E-state index in [-0.39, 0.29) is 5.69 Å². The van der Waals surface area contributed by atoms with Crippen LogP contribution in [0.1, 0.15) is 5.69 Å². The molecule has 0 unspecified atom stereocenters. The third kappa shape index (κ3) is 2.21. The van der Waals surface area contributed by atoms with Gasteiger partial charge < -0.3 is 0 Å². The van der Waals surface area contributed by atoms with Gasteiger partial charge in [-0.2, -0.15) is 0 Å². The van der Waals surface area contributed by atoms with Crippen molar-refractivity contribution in [3.8, 4) is 23.5 Å². The molecule has 0 N–H and O–H groups in total. The molecule has 0 saturated carbocycles. The smallest absolute Gasteiger partial charge is 0.157 e. The Kier molecular flexibility index (Phi) is 2.47. The lowest BCUT2D eigenvalue weighted by atomic mass is 10.3. The molecule has 15 heavy (non-hydrogen) atoms. The Bertz CT molecular complexity index is 509. The molecule has 3 rings (SSSR count). The van der Waals surface area contributed by atoms with Crippen molar-refractivity contribution in [2.24, 2.45) is 0 Å².